The lowest BCUT2D eigenvalue weighted by Crippen LogP contribution is -2.28. The van der Waals surface area contributed by atoms with Gasteiger partial charge in [0.2, 0.25) is 10.0 Å². The second-order valence-corrected chi connectivity index (χ2v) is 6.85. The van der Waals surface area contributed by atoms with Gasteiger partial charge in [-0.15, -0.1) is 6.42 Å². The normalized spacial score (nSPS) is 10.8. The number of sulfonamides is 1. The van der Waals surface area contributed by atoms with E-state index in [0.717, 1.165) is 0 Å². The molecule has 0 fully saturated rings. The average Bonchev–Trinajstić information content (AvgIpc) is 2.65. The molecule has 2 aromatic carbocycles. The summed E-state index contributed by atoms with van der Waals surface area (Å²) in [5, 5.41) is 2.60. The van der Waals surface area contributed by atoms with Gasteiger partial charge in [0.1, 0.15) is 6.61 Å². The molecule has 0 heterocycles. The van der Waals surface area contributed by atoms with Gasteiger partial charge in [-0.3, -0.25) is 4.79 Å². The van der Waals surface area contributed by atoms with Crippen molar-refractivity contribution in [1.29, 1.82) is 0 Å². The zero-order valence-electron chi connectivity index (χ0n) is 13.7. The summed E-state index contributed by atoms with van der Waals surface area (Å²) >= 11 is 0. The molecule has 2 rings (SSSR count). The van der Waals surface area contributed by atoms with Crippen LogP contribution in [0.2, 0.25) is 0 Å². The van der Waals surface area contributed by atoms with Gasteiger partial charge in [-0.05, 0) is 36.4 Å². The molecule has 2 aromatic rings. The molecule has 0 spiro atoms. The van der Waals surface area contributed by atoms with E-state index >= 15 is 0 Å². The molecule has 6 nitrogen and oxygen atoms in total. The van der Waals surface area contributed by atoms with Crippen molar-refractivity contribution in [3.05, 3.63) is 59.9 Å². The Labute approximate surface area is 151 Å². The number of amides is 1. The smallest absolute Gasteiger partial charge is 0.251 e. The van der Waals surface area contributed by atoms with Gasteiger partial charge >= 0.3 is 0 Å². The molecule has 0 atom stereocenters. The highest BCUT2D eigenvalue weighted by Crippen LogP contribution is 2.15. The van der Waals surface area contributed by atoms with Crippen LogP contribution >= 0.6 is 0 Å². The molecule has 0 bridgehead atoms. The zero-order valence-corrected chi connectivity index (χ0v) is 14.6. The van der Waals surface area contributed by atoms with Gasteiger partial charge in [0.05, 0.1) is 18.0 Å². The fourth-order valence-corrected chi connectivity index (χ4v) is 2.93. The Hall–Kier alpha value is -2.89. The molecule has 2 N–H and O–H groups in total. The Balaban J connectivity index is 1.86. The summed E-state index contributed by atoms with van der Waals surface area (Å²) in [5.74, 6) is 1.41. The van der Waals surface area contributed by atoms with Crippen LogP contribution < -0.4 is 14.8 Å². The first-order valence-corrected chi connectivity index (χ1v) is 9.11. The van der Waals surface area contributed by atoms with Crippen molar-refractivity contribution >= 4 is 15.9 Å². The molecule has 0 aliphatic rings. The van der Waals surface area contributed by atoms with E-state index in [1.165, 1.54) is 36.4 Å². The Kier molecular flexibility index (Phi) is 6.72. The van der Waals surface area contributed by atoms with Crippen molar-refractivity contribution in [3.63, 3.8) is 0 Å². The number of halogens is 1. The number of benzene rings is 2. The van der Waals surface area contributed by atoms with Crippen LogP contribution in [0.3, 0.4) is 0 Å². The molecular formula is C18H17FN2O4S. The van der Waals surface area contributed by atoms with Crippen LogP contribution in [0, 0.1) is 18.2 Å². The topological polar surface area (TPSA) is 84.5 Å². The molecule has 0 unspecified atom stereocenters. The number of carbonyl (C=O) groups is 1. The van der Waals surface area contributed by atoms with Crippen molar-refractivity contribution < 1.29 is 22.3 Å². The summed E-state index contributed by atoms with van der Waals surface area (Å²) in [6.45, 7) is 0.138. The molecule has 1 amide bonds. The van der Waals surface area contributed by atoms with E-state index in [2.05, 4.69) is 16.0 Å². The van der Waals surface area contributed by atoms with Gasteiger partial charge in [-0.25, -0.2) is 12.8 Å². The van der Waals surface area contributed by atoms with E-state index in [9.17, 15) is 17.6 Å². The fraction of sp³-hybridized carbons (Fsp3) is 0.167. The van der Waals surface area contributed by atoms with Crippen LogP contribution in [0.25, 0.3) is 0 Å². The Morgan fingerprint density at radius 2 is 1.85 bits per heavy atom. The lowest BCUT2D eigenvalue weighted by atomic mass is 10.2. The number of terminal acetylenes is 1. The van der Waals surface area contributed by atoms with Crippen molar-refractivity contribution in [2.45, 2.75) is 4.90 Å². The minimum absolute atomic E-state index is 0.00665. The summed E-state index contributed by atoms with van der Waals surface area (Å²) in [6, 6.07) is 11.4. The molecule has 0 saturated carbocycles. The second kappa shape index (κ2) is 8.99. The summed E-state index contributed by atoms with van der Waals surface area (Å²) in [4.78, 5) is 12.0. The molecule has 0 aliphatic heterocycles. The maximum atomic E-state index is 13.4. The number of hydrogen-bond donors (Lipinski definition) is 2. The molecule has 8 heteroatoms. The average molecular weight is 376 g/mol. The van der Waals surface area contributed by atoms with Crippen LogP contribution in [-0.4, -0.2) is 34.0 Å². The predicted molar refractivity (Wildman–Crippen MR) is 94.7 cm³/mol. The van der Waals surface area contributed by atoms with E-state index in [4.69, 9.17) is 11.2 Å². The van der Waals surface area contributed by atoms with Crippen LogP contribution in [0.5, 0.6) is 5.75 Å². The third-order valence-electron chi connectivity index (χ3n) is 3.27. The lowest BCUT2D eigenvalue weighted by Gasteiger charge is -2.09. The highest BCUT2D eigenvalue weighted by atomic mass is 32.2. The Morgan fingerprint density at radius 3 is 2.50 bits per heavy atom. The van der Waals surface area contributed by atoms with E-state index < -0.39 is 21.7 Å². The van der Waals surface area contributed by atoms with Crippen molar-refractivity contribution in [3.8, 4) is 18.1 Å². The number of carbonyl (C=O) groups excluding carboxylic acids is 1. The van der Waals surface area contributed by atoms with Crippen LogP contribution in [0.1, 0.15) is 10.4 Å². The number of ether oxygens (including phenoxy) is 1. The molecule has 136 valence electrons. The van der Waals surface area contributed by atoms with Crippen molar-refractivity contribution in [2.24, 2.45) is 0 Å². The van der Waals surface area contributed by atoms with Gasteiger partial charge in [0.25, 0.3) is 5.91 Å². The first-order chi connectivity index (χ1) is 12.4. The standard InChI is InChI=1S/C18H17FN2O4S/c1-2-11-21-26(23,24)15-9-7-14(8-10-15)18(22)20-12-13-25-17-6-4-3-5-16(17)19/h1,3-10,21H,11-13H2,(H,20,22). The number of para-hydroxylation sites is 1. The van der Waals surface area contributed by atoms with Gasteiger partial charge in [-0.2, -0.15) is 4.72 Å². The predicted octanol–water partition coefficient (Wildman–Crippen LogP) is 1.55. The lowest BCUT2D eigenvalue weighted by molar-refractivity contribution is 0.0946. The van der Waals surface area contributed by atoms with E-state index in [0.29, 0.717) is 0 Å². The number of nitrogens with one attached hydrogen (secondary N) is 2. The van der Waals surface area contributed by atoms with Crippen LogP contribution in [-0.2, 0) is 10.0 Å². The van der Waals surface area contributed by atoms with Gasteiger partial charge in [0, 0.05) is 5.56 Å². The van der Waals surface area contributed by atoms with E-state index in [1.54, 1.807) is 12.1 Å². The van der Waals surface area contributed by atoms with Crippen LogP contribution in [0.4, 0.5) is 4.39 Å². The summed E-state index contributed by atoms with van der Waals surface area (Å²) < 4.78 is 44.6. The zero-order chi connectivity index (χ0) is 19.0. The van der Waals surface area contributed by atoms with Gasteiger partial charge < -0.3 is 10.1 Å². The minimum atomic E-state index is -3.70. The third-order valence-corrected chi connectivity index (χ3v) is 4.69. The summed E-state index contributed by atoms with van der Waals surface area (Å²) in [7, 11) is -3.70. The van der Waals surface area contributed by atoms with Crippen LogP contribution in [0.15, 0.2) is 53.4 Å². The quantitative estimate of drug-likeness (QED) is 0.541. The summed E-state index contributed by atoms with van der Waals surface area (Å²) in [6.07, 6.45) is 5.02. The SMILES string of the molecule is C#CCNS(=O)(=O)c1ccc(C(=O)NCCOc2ccccc2F)cc1. The van der Waals surface area contributed by atoms with Crippen molar-refractivity contribution in [2.75, 3.05) is 19.7 Å². The maximum Gasteiger partial charge on any atom is 0.251 e. The summed E-state index contributed by atoms with van der Waals surface area (Å²) in [5.41, 5.74) is 0.284. The maximum absolute atomic E-state index is 13.4. The highest BCUT2D eigenvalue weighted by Gasteiger charge is 2.14. The van der Waals surface area contributed by atoms with E-state index in [-0.39, 0.29) is 35.9 Å². The van der Waals surface area contributed by atoms with E-state index in [1.807, 2.05) is 0 Å². The molecule has 0 saturated heterocycles. The third kappa shape index (κ3) is 5.31. The van der Waals surface area contributed by atoms with Crippen molar-refractivity contribution in [1.82, 2.24) is 10.0 Å². The Morgan fingerprint density at radius 1 is 1.15 bits per heavy atom. The molecule has 26 heavy (non-hydrogen) atoms. The fourth-order valence-electron chi connectivity index (χ4n) is 1.99. The van der Waals surface area contributed by atoms with Gasteiger partial charge in [-0.1, -0.05) is 18.1 Å². The number of rotatable bonds is 8. The minimum Gasteiger partial charge on any atom is -0.489 e. The largest absolute Gasteiger partial charge is 0.489 e. The Bertz CT molecular complexity index is 906. The number of hydrogen-bond acceptors (Lipinski definition) is 4. The first kappa shape index (κ1) is 19.4. The van der Waals surface area contributed by atoms with Gasteiger partial charge in [0.15, 0.2) is 11.6 Å². The molecular weight excluding hydrogens is 359 g/mol. The molecule has 0 radical (unpaired) electrons. The second-order valence-electron chi connectivity index (χ2n) is 5.09. The highest BCUT2D eigenvalue weighted by molar-refractivity contribution is 7.89. The molecule has 0 aliphatic carbocycles. The monoisotopic (exact) mass is 376 g/mol. The first-order valence-electron chi connectivity index (χ1n) is 7.63. The molecule has 0 aromatic heterocycles.